The second-order valence-electron chi connectivity index (χ2n) is 10.1. The van der Waals surface area contributed by atoms with Gasteiger partial charge in [0.15, 0.2) is 0 Å². The topological polar surface area (TPSA) is 57.5 Å². The van der Waals surface area contributed by atoms with Crippen LogP contribution in [-0.2, 0) is 10.8 Å². The van der Waals surface area contributed by atoms with Gasteiger partial charge >= 0.3 is 5.97 Å². The summed E-state index contributed by atoms with van der Waals surface area (Å²) in [5.74, 6) is 4.85. The van der Waals surface area contributed by atoms with E-state index in [-0.39, 0.29) is 16.4 Å². The molecule has 1 atom stereocenters. The third-order valence-electron chi connectivity index (χ3n) is 6.85. The van der Waals surface area contributed by atoms with Crippen LogP contribution in [0.5, 0.6) is 0 Å². The maximum absolute atomic E-state index is 11.6. The van der Waals surface area contributed by atoms with Crippen molar-refractivity contribution in [3.8, 4) is 23.0 Å². The van der Waals surface area contributed by atoms with E-state index in [1.807, 2.05) is 18.2 Å². The molecule has 0 saturated carbocycles. The summed E-state index contributed by atoms with van der Waals surface area (Å²) in [5, 5.41) is 20.8. The number of carboxylic acid groups (broad SMARTS) is 1. The largest absolute Gasteiger partial charge is 0.478 e. The van der Waals surface area contributed by atoms with Gasteiger partial charge in [0, 0.05) is 5.56 Å². The molecule has 0 saturated heterocycles. The molecule has 3 nitrogen and oxygen atoms in total. The second kappa shape index (κ2) is 8.54. The van der Waals surface area contributed by atoms with Crippen molar-refractivity contribution in [2.24, 2.45) is 0 Å². The quantitative estimate of drug-likeness (QED) is 0.460. The molecule has 2 N–H and O–H groups in total. The average Bonchev–Trinajstić information content (AvgIpc) is 2.80. The Labute approximate surface area is 196 Å². The van der Waals surface area contributed by atoms with Crippen LogP contribution >= 0.6 is 0 Å². The summed E-state index contributed by atoms with van der Waals surface area (Å²) in [6.07, 6.45) is 1.06. The van der Waals surface area contributed by atoms with E-state index in [4.69, 9.17) is 0 Å². The van der Waals surface area contributed by atoms with Gasteiger partial charge in [-0.15, -0.1) is 0 Å². The minimum Gasteiger partial charge on any atom is -0.478 e. The van der Waals surface area contributed by atoms with Gasteiger partial charge in [0.05, 0.1) is 5.56 Å². The Morgan fingerprint density at radius 1 is 0.879 bits per heavy atom. The van der Waals surface area contributed by atoms with Gasteiger partial charge in [0.2, 0.25) is 0 Å². The van der Waals surface area contributed by atoms with Gasteiger partial charge in [-0.05, 0) is 69.7 Å². The highest BCUT2D eigenvalue weighted by Crippen LogP contribution is 2.49. The molecule has 0 aromatic heterocycles. The van der Waals surface area contributed by atoms with Crippen molar-refractivity contribution < 1.29 is 15.0 Å². The van der Waals surface area contributed by atoms with Crippen LogP contribution in [-0.4, -0.2) is 16.2 Å². The highest BCUT2D eigenvalue weighted by atomic mass is 16.4. The summed E-state index contributed by atoms with van der Waals surface area (Å²) in [4.78, 5) is 11.6. The van der Waals surface area contributed by atoms with E-state index in [2.05, 4.69) is 63.8 Å². The zero-order chi connectivity index (χ0) is 23.8. The van der Waals surface area contributed by atoms with Crippen LogP contribution in [0.2, 0.25) is 0 Å². The first-order valence-corrected chi connectivity index (χ1v) is 11.4. The lowest BCUT2D eigenvalue weighted by Gasteiger charge is -2.43. The van der Waals surface area contributed by atoms with Crippen molar-refractivity contribution >= 4 is 5.97 Å². The average molecular weight is 439 g/mol. The minimum absolute atomic E-state index is 0.0204. The first-order chi connectivity index (χ1) is 15.6. The number of aliphatic hydroxyl groups excluding tert-OH is 1. The number of benzene rings is 3. The van der Waals surface area contributed by atoms with Crippen molar-refractivity contribution in [2.75, 3.05) is 0 Å². The molecular weight excluding hydrogens is 408 g/mol. The van der Waals surface area contributed by atoms with Crippen molar-refractivity contribution in [1.82, 2.24) is 0 Å². The number of hydrogen-bond acceptors (Lipinski definition) is 2. The molecule has 0 spiro atoms. The third-order valence-corrected chi connectivity index (χ3v) is 6.85. The Morgan fingerprint density at radius 2 is 1.52 bits per heavy atom. The van der Waals surface area contributed by atoms with Crippen molar-refractivity contribution in [1.29, 1.82) is 0 Å². The van der Waals surface area contributed by atoms with Crippen LogP contribution in [0.4, 0.5) is 0 Å². The van der Waals surface area contributed by atoms with Crippen molar-refractivity contribution in [3.05, 3.63) is 94.5 Å². The van der Waals surface area contributed by atoms with Crippen LogP contribution in [0.1, 0.15) is 79.3 Å². The van der Waals surface area contributed by atoms with E-state index in [1.165, 1.54) is 11.6 Å². The Morgan fingerprint density at radius 3 is 2.21 bits per heavy atom. The Hall–Kier alpha value is -3.35. The van der Waals surface area contributed by atoms with Gasteiger partial charge < -0.3 is 10.2 Å². The van der Waals surface area contributed by atoms with Crippen LogP contribution in [0.25, 0.3) is 11.1 Å². The minimum atomic E-state index is -1.03. The molecule has 1 aliphatic carbocycles. The fourth-order valence-corrected chi connectivity index (χ4v) is 4.85. The summed E-state index contributed by atoms with van der Waals surface area (Å²) in [6, 6.07) is 21.1. The van der Waals surface area contributed by atoms with Crippen LogP contribution in [0.3, 0.4) is 0 Å². The van der Waals surface area contributed by atoms with Crippen LogP contribution < -0.4 is 0 Å². The summed E-state index contributed by atoms with van der Waals surface area (Å²) in [7, 11) is 0. The van der Waals surface area contributed by atoms with Crippen LogP contribution in [0, 0.1) is 11.8 Å². The summed E-state index contributed by atoms with van der Waals surface area (Å²) in [5.41, 5.74) is 5.79. The van der Waals surface area contributed by atoms with E-state index < -0.39 is 12.1 Å². The molecule has 168 valence electrons. The molecule has 3 aromatic carbocycles. The number of fused-ring (bicyclic) bond motifs is 1. The van der Waals surface area contributed by atoms with Gasteiger partial charge in [-0.25, -0.2) is 4.79 Å². The molecule has 1 aliphatic rings. The monoisotopic (exact) mass is 438 g/mol. The number of carboxylic acids is 1. The normalized spacial score (nSPS) is 16.8. The number of hydrogen-bond donors (Lipinski definition) is 2. The van der Waals surface area contributed by atoms with E-state index in [0.717, 1.165) is 35.1 Å². The zero-order valence-electron chi connectivity index (χ0n) is 19.6. The van der Waals surface area contributed by atoms with Crippen LogP contribution in [0.15, 0.2) is 66.7 Å². The molecule has 0 heterocycles. The lowest BCUT2D eigenvalue weighted by molar-refractivity contribution is 0.0696. The molecule has 3 aromatic rings. The smallest absolute Gasteiger partial charge is 0.336 e. The predicted octanol–water partition coefficient (Wildman–Crippen LogP) is 6.49. The number of carbonyl (C=O) groups is 1. The first kappa shape index (κ1) is 22.8. The van der Waals surface area contributed by atoms with E-state index >= 15 is 0 Å². The summed E-state index contributed by atoms with van der Waals surface area (Å²) < 4.78 is 0. The highest BCUT2D eigenvalue weighted by Gasteiger charge is 2.39. The standard InChI is InChI=1S/C30H30O3/c1-29(2)16-17-30(3,4)27-24(18-22(19-25(27)29)20-10-6-5-7-11-20)26(31)15-14-21-12-8-9-13-23(21)28(32)33/h5-13,18-19,26,31H,16-17H2,1-4H3,(H,32,33). The van der Waals surface area contributed by atoms with Gasteiger partial charge in [0.25, 0.3) is 0 Å². The predicted molar refractivity (Wildman–Crippen MR) is 132 cm³/mol. The maximum Gasteiger partial charge on any atom is 0.336 e. The SMILES string of the molecule is CC1(C)CCC(C)(C)c2c(C(O)C#Cc3ccccc3C(=O)O)cc(-c3ccccc3)cc21. The molecule has 0 amide bonds. The third kappa shape index (κ3) is 4.45. The molecule has 3 heteroatoms. The number of aliphatic hydroxyl groups is 1. The second-order valence-corrected chi connectivity index (χ2v) is 10.1. The van der Waals surface area contributed by atoms with Gasteiger partial charge in [-0.3, -0.25) is 0 Å². The lowest BCUT2D eigenvalue weighted by atomic mass is 9.61. The van der Waals surface area contributed by atoms with Crippen molar-refractivity contribution in [3.63, 3.8) is 0 Å². The Bertz CT molecular complexity index is 1260. The molecule has 1 unspecified atom stereocenters. The molecule has 0 aliphatic heterocycles. The van der Waals surface area contributed by atoms with Gasteiger partial charge in [-0.2, -0.15) is 0 Å². The molecule has 0 fully saturated rings. The highest BCUT2D eigenvalue weighted by molar-refractivity contribution is 5.90. The Balaban J connectivity index is 1.90. The van der Waals surface area contributed by atoms with E-state index in [9.17, 15) is 15.0 Å². The molecule has 0 radical (unpaired) electrons. The number of rotatable bonds is 3. The number of aromatic carboxylic acids is 1. The fourth-order valence-electron chi connectivity index (χ4n) is 4.85. The van der Waals surface area contributed by atoms with E-state index in [1.54, 1.807) is 18.2 Å². The maximum atomic E-state index is 11.6. The van der Waals surface area contributed by atoms with Gasteiger partial charge in [-0.1, -0.05) is 88.1 Å². The van der Waals surface area contributed by atoms with Gasteiger partial charge in [0.1, 0.15) is 6.10 Å². The van der Waals surface area contributed by atoms with Crippen molar-refractivity contribution in [2.45, 2.75) is 57.5 Å². The molecule has 33 heavy (non-hydrogen) atoms. The van der Waals surface area contributed by atoms with E-state index in [0.29, 0.717) is 5.56 Å². The summed E-state index contributed by atoms with van der Waals surface area (Å²) >= 11 is 0. The molecule has 0 bridgehead atoms. The fraction of sp³-hybridized carbons (Fsp3) is 0.300. The molecular formula is C30H30O3. The summed E-state index contributed by atoms with van der Waals surface area (Å²) in [6.45, 7) is 8.99. The molecule has 4 rings (SSSR count). The lowest BCUT2D eigenvalue weighted by Crippen LogP contribution is -2.35. The zero-order valence-corrected chi connectivity index (χ0v) is 19.6. The first-order valence-electron chi connectivity index (χ1n) is 11.4. The Kier molecular flexibility index (Phi) is 5.91.